The first-order chi connectivity index (χ1) is 9.83. The summed E-state index contributed by atoms with van der Waals surface area (Å²) in [6, 6.07) is 0. The van der Waals surface area contributed by atoms with Crippen LogP contribution in [-0.2, 0) is 4.79 Å². The smallest absolute Gasteiger partial charge is 0.159 e. The number of allylic oxidation sites excluding steroid dienone is 6. The highest BCUT2D eigenvalue weighted by Gasteiger charge is 2.46. The van der Waals surface area contributed by atoms with Gasteiger partial charge in [-0.25, -0.2) is 0 Å². The molecule has 116 valence electrons. The summed E-state index contributed by atoms with van der Waals surface area (Å²) in [6.07, 6.45) is 11.1. The zero-order valence-corrected chi connectivity index (χ0v) is 14.4. The molecule has 1 heteroatoms. The first-order valence-corrected chi connectivity index (χ1v) is 8.35. The van der Waals surface area contributed by atoms with Gasteiger partial charge >= 0.3 is 0 Å². The van der Waals surface area contributed by atoms with Gasteiger partial charge in [-0.1, -0.05) is 35.8 Å². The van der Waals surface area contributed by atoms with Gasteiger partial charge in [-0.3, -0.25) is 4.79 Å². The third-order valence-corrected chi connectivity index (χ3v) is 5.37. The lowest BCUT2D eigenvalue weighted by Crippen LogP contribution is -2.22. The van der Waals surface area contributed by atoms with Crippen LogP contribution in [0.25, 0.3) is 0 Å². The van der Waals surface area contributed by atoms with Crippen LogP contribution in [0.3, 0.4) is 0 Å². The molecular formula is C20H30O. The minimum Gasteiger partial charge on any atom is -0.295 e. The zero-order chi connectivity index (χ0) is 15.6. The Morgan fingerprint density at radius 1 is 1.14 bits per heavy atom. The SMILES string of the molecule is CC1=CCC2(C)CC(=O)C(=C(C)C)C2CCC(C)=CCC1. The molecule has 1 fully saturated rings. The number of carbonyl (C=O) groups excluding carboxylic acids is 1. The van der Waals surface area contributed by atoms with E-state index in [4.69, 9.17) is 0 Å². The fourth-order valence-corrected chi connectivity index (χ4v) is 3.99. The highest BCUT2D eigenvalue weighted by atomic mass is 16.1. The topological polar surface area (TPSA) is 17.1 Å². The van der Waals surface area contributed by atoms with Crippen LogP contribution in [0.1, 0.15) is 73.1 Å². The molecule has 2 aliphatic rings. The lowest BCUT2D eigenvalue weighted by Gasteiger charge is -2.31. The zero-order valence-electron chi connectivity index (χ0n) is 14.4. The van der Waals surface area contributed by atoms with E-state index >= 15 is 0 Å². The largest absolute Gasteiger partial charge is 0.295 e. The third kappa shape index (κ3) is 3.56. The van der Waals surface area contributed by atoms with Gasteiger partial charge in [0.2, 0.25) is 0 Å². The number of ketones is 1. The van der Waals surface area contributed by atoms with Crippen molar-refractivity contribution in [3.05, 3.63) is 34.4 Å². The summed E-state index contributed by atoms with van der Waals surface area (Å²) in [4.78, 5) is 12.5. The highest BCUT2D eigenvalue weighted by Crippen LogP contribution is 2.51. The van der Waals surface area contributed by atoms with E-state index in [-0.39, 0.29) is 5.41 Å². The van der Waals surface area contributed by atoms with Crippen LogP contribution in [0.5, 0.6) is 0 Å². The Bertz CT molecular complexity index is 514. The molecule has 0 amide bonds. The molecule has 2 rings (SSSR count). The van der Waals surface area contributed by atoms with Gasteiger partial charge in [0.1, 0.15) is 0 Å². The summed E-state index contributed by atoms with van der Waals surface area (Å²) < 4.78 is 0. The Morgan fingerprint density at radius 2 is 1.81 bits per heavy atom. The Kier molecular flexibility index (Phi) is 4.91. The molecule has 0 heterocycles. The number of Topliss-reactive ketones (excluding diaryl/α,β-unsaturated/α-hetero) is 1. The number of hydrogen-bond donors (Lipinski definition) is 0. The van der Waals surface area contributed by atoms with Crippen LogP contribution in [0.4, 0.5) is 0 Å². The van der Waals surface area contributed by atoms with Gasteiger partial charge in [0, 0.05) is 6.42 Å². The molecule has 2 aliphatic carbocycles. The quantitative estimate of drug-likeness (QED) is 0.408. The van der Waals surface area contributed by atoms with E-state index in [1.165, 1.54) is 16.7 Å². The van der Waals surface area contributed by atoms with Crippen molar-refractivity contribution >= 4 is 5.78 Å². The van der Waals surface area contributed by atoms with E-state index in [1.54, 1.807) is 0 Å². The van der Waals surface area contributed by atoms with Crippen LogP contribution < -0.4 is 0 Å². The first-order valence-electron chi connectivity index (χ1n) is 8.35. The molecule has 0 saturated heterocycles. The van der Waals surface area contributed by atoms with Gasteiger partial charge in [-0.15, -0.1) is 0 Å². The average Bonchev–Trinajstić information content (AvgIpc) is 2.64. The summed E-state index contributed by atoms with van der Waals surface area (Å²) in [5.74, 6) is 0.827. The molecule has 2 unspecified atom stereocenters. The number of hydrogen-bond acceptors (Lipinski definition) is 1. The Labute approximate surface area is 130 Å². The van der Waals surface area contributed by atoms with Crippen molar-refractivity contribution in [2.75, 3.05) is 0 Å². The van der Waals surface area contributed by atoms with Crippen LogP contribution in [-0.4, -0.2) is 5.78 Å². The van der Waals surface area contributed by atoms with Crippen molar-refractivity contribution < 1.29 is 4.79 Å². The molecule has 0 aromatic heterocycles. The molecule has 0 aromatic carbocycles. The van der Waals surface area contributed by atoms with Crippen molar-refractivity contribution in [2.24, 2.45) is 11.3 Å². The van der Waals surface area contributed by atoms with Crippen LogP contribution in [0.15, 0.2) is 34.4 Å². The Balaban J connectivity index is 2.40. The van der Waals surface area contributed by atoms with Crippen molar-refractivity contribution in [2.45, 2.75) is 73.1 Å². The van der Waals surface area contributed by atoms with Crippen molar-refractivity contribution in [3.8, 4) is 0 Å². The lowest BCUT2D eigenvalue weighted by atomic mass is 9.72. The molecule has 0 aromatic rings. The summed E-state index contributed by atoms with van der Waals surface area (Å²) in [7, 11) is 0. The number of rotatable bonds is 0. The lowest BCUT2D eigenvalue weighted by molar-refractivity contribution is -0.115. The van der Waals surface area contributed by atoms with Crippen LogP contribution >= 0.6 is 0 Å². The molecule has 1 saturated carbocycles. The molecular weight excluding hydrogens is 256 g/mol. The highest BCUT2D eigenvalue weighted by molar-refractivity contribution is 5.99. The molecule has 21 heavy (non-hydrogen) atoms. The molecule has 2 atom stereocenters. The van der Waals surface area contributed by atoms with E-state index in [9.17, 15) is 4.79 Å². The van der Waals surface area contributed by atoms with E-state index < -0.39 is 0 Å². The molecule has 0 N–H and O–H groups in total. The number of fused-ring (bicyclic) bond motifs is 1. The Hall–Kier alpha value is -1.11. The maximum atomic E-state index is 12.5. The second-order valence-corrected chi connectivity index (χ2v) is 7.60. The minimum absolute atomic E-state index is 0.121. The van der Waals surface area contributed by atoms with Gasteiger partial charge < -0.3 is 0 Å². The Morgan fingerprint density at radius 3 is 2.48 bits per heavy atom. The van der Waals surface area contributed by atoms with E-state index in [0.29, 0.717) is 11.7 Å². The van der Waals surface area contributed by atoms with Gasteiger partial charge in [0.05, 0.1) is 0 Å². The summed E-state index contributed by atoms with van der Waals surface area (Å²) >= 11 is 0. The van der Waals surface area contributed by atoms with Gasteiger partial charge in [-0.2, -0.15) is 0 Å². The third-order valence-electron chi connectivity index (χ3n) is 5.37. The van der Waals surface area contributed by atoms with Crippen molar-refractivity contribution in [1.29, 1.82) is 0 Å². The summed E-state index contributed by atoms with van der Waals surface area (Å²) in [5.41, 5.74) is 5.44. The average molecular weight is 286 g/mol. The monoisotopic (exact) mass is 286 g/mol. The summed E-state index contributed by atoms with van der Waals surface area (Å²) in [6.45, 7) is 11.0. The van der Waals surface area contributed by atoms with Gasteiger partial charge in [-0.05, 0) is 76.7 Å². The van der Waals surface area contributed by atoms with Crippen LogP contribution in [0, 0.1) is 11.3 Å². The normalized spacial score (nSPS) is 31.2. The minimum atomic E-state index is 0.121. The molecule has 0 radical (unpaired) electrons. The van der Waals surface area contributed by atoms with Crippen molar-refractivity contribution in [3.63, 3.8) is 0 Å². The molecule has 0 aliphatic heterocycles. The number of carbonyl (C=O) groups is 1. The van der Waals surface area contributed by atoms with Crippen LogP contribution in [0.2, 0.25) is 0 Å². The van der Waals surface area contributed by atoms with E-state index in [1.807, 2.05) is 0 Å². The van der Waals surface area contributed by atoms with Gasteiger partial charge in [0.25, 0.3) is 0 Å². The fourth-order valence-electron chi connectivity index (χ4n) is 3.99. The van der Waals surface area contributed by atoms with E-state index in [0.717, 1.165) is 44.1 Å². The maximum absolute atomic E-state index is 12.5. The van der Waals surface area contributed by atoms with E-state index in [2.05, 4.69) is 46.8 Å². The first kappa shape index (κ1) is 16.3. The molecule has 0 bridgehead atoms. The van der Waals surface area contributed by atoms with Crippen molar-refractivity contribution in [1.82, 2.24) is 0 Å². The standard InChI is InChI=1S/C20H30O/c1-14(2)19-17-10-9-15(3)7-6-8-16(4)11-12-20(17,5)13-18(19)21/h7,11,17H,6,8-10,12-13H2,1-5H3. The predicted octanol–water partition coefficient (Wildman–Crippen LogP) is 5.77. The second-order valence-electron chi connectivity index (χ2n) is 7.60. The fraction of sp³-hybridized carbons (Fsp3) is 0.650. The van der Waals surface area contributed by atoms with Gasteiger partial charge in [0.15, 0.2) is 5.78 Å². The molecule has 1 nitrogen and oxygen atoms in total. The summed E-state index contributed by atoms with van der Waals surface area (Å²) in [5, 5.41) is 0. The second kappa shape index (κ2) is 6.34. The maximum Gasteiger partial charge on any atom is 0.159 e. The predicted molar refractivity (Wildman–Crippen MR) is 90.2 cm³/mol. The molecule has 0 spiro atoms.